The monoisotopic (exact) mass is 229 g/mol. The molecule has 1 fully saturated rings. The molecular weight excluding hydrogens is 214 g/mol. The molecule has 0 saturated carbocycles. The minimum absolute atomic E-state index is 0.217. The van der Waals surface area contributed by atoms with Gasteiger partial charge in [0.1, 0.15) is 0 Å². The standard InChI is InChI=1S/C9H15N3O2S/c10-3-9-4-11-7-12(9)5-8-1-2-15(13,14)6-8/h4,7-8H,1-3,5-6,10H2. The van der Waals surface area contributed by atoms with Crippen LogP contribution in [-0.4, -0.2) is 29.5 Å². The molecule has 1 aromatic rings. The lowest BCUT2D eigenvalue weighted by Crippen LogP contribution is -2.15. The molecule has 1 aromatic heterocycles. The summed E-state index contributed by atoms with van der Waals surface area (Å²) in [5, 5.41) is 0. The highest BCUT2D eigenvalue weighted by atomic mass is 32.2. The molecule has 0 radical (unpaired) electrons. The summed E-state index contributed by atoms with van der Waals surface area (Å²) < 4.78 is 24.5. The number of hydrogen-bond donors (Lipinski definition) is 1. The van der Waals surface area contributed by atoms with Gasteiger partial charge < -0.3 is 10.3 Å². The first-order chi connectivity index (χ1) is 7.11. The lowest BCUT2D eigenvalue weighted by molar-refractivity contribution is 0.480. The Bertz CT molecular complexity index is 438. The van der Waals surface area contributed by atoms with Crippen molar-refractivity contribution >= 4 is 9.84 Å². The van der Waals surface area contributed by atoms with Crippen LogP contribution in [0.5, 0.6) is 0 Å². The summed E-state index contributed by atoms with van der Waals surface area (Å²) in [5.74, 6) is 0.842. The number of nitrogens with two attached hydrogens (primary N) is 1. The quantitative estimate of drug-likeness (QED) is 0.777. The van der Waals surface area contributed by atoms with E-state index in [1.807, 2.05) is 4.57 Å². The average molecular weight is 229 g/mol. The van der Waals surface area contributed by atoms with Gasteiger partial charge in [-0.15, -0.1) is 0 Å². The van der Waals surface area contributed by atoms with Gasteiger partial charge in [0.05, 0.1) is 23.5 Å². The van der Waals surface area contributed by atoms with Gasteiger partial charge in [0, 0.05) is 19.3 Å². The second-order valence-corrected chi connectivity index (χ2v) is 6.24. The summed E-state index contributed by atoms with van der Waals surface area (Å²) in [6.45, 7) is 1.16. The third kappa shape index (κ3) is 2.38. The molecule has 2 heterocycles. The third-order valence-corrected chi connectivity index (χ3v) is 4.63. The maximum atomic E-state index is 11.3. The molecular formula is C9H15N3O2S. The number of hydrogen-bond acceptors (Lipinski definition) is 4. The highest BCUT2D eigenvalue weighted by Crippen LogP contribution is 2.20. The van der Waals surface area contributed by atoms with Crippen LogP contribution in [0.4, 0.5) is 0 Å². The van der Waals surface area contributed by atoms with Crippen LogP contribution in [0.3, 0.4) is 0 Å². The zero-order valence-electron chi connectivity index (χ0n) is 8.46. The highest BCUT2D eigenvalue weighted by Gasteiger charge is 2.28. The molecule has 0 spiro atoms. The Morgan fingerprint density at radius 1 is 1.60 bits per heavy atom. The second kappa shape index (κ2) is 3.94. The molecule has 1 saturated heterocycles. The molecule has 6 heteroatoms. The van der Waals surface area contributed by atoms with Crippen molar-refractivity contribution in [2.24, 2.45) is 11.7 Å². The summed E-state index contributed by atoms with van der Waals surface area (Å²) in [6.07, 6.45) is 4.20. The first-order valence-corrected chi connectivity index (χ1v) is 6.82. The van der Waals surface area contributed by atoms with Crippen molar-refractivity contribution in [3.8, 4) is 0 Å². The smallest absolute Gasteiger partial charge is 0.150 e. The largest absolute Gasteiger partial charge is 0.333 e. The highest BCUT2D eigenvalue weighted by molar-refractivity contribution is 7.91. The molecule has 0 aliphatic carbocycles. The van der Waals surface area contributed by atoms with Gasteiger partial charge in [-0.25, -0.2) is 13.4 Å². The molecule has 15 heavy (non-hydrogen) atoms. The van der Waals surface area contributed by atoms with Gasteiger partial charge >= 0.3 is 0 Å². The van der Waals surface area contributed by atoms with Crippen LogP contribution < -0.4 is 5.73 Å². The Labute approximate surface area is 89.2 Å². The van der Waals surface area contributed by atoms with Gasteiger partial charge in [-0.1, -0.05) is 0 Å². The second-order valence-electron chi connectivity index (χ2n) is 4.01. The fourth-order valence-electron chi connectivity index (χ4n) is 1.98. The SMILES string of the molecule is NCc1cncn1CC1CCS(=O)(=O)C1. The number of imidazole rings is 1. The van der Waals surface area contributed by atoms with Crippen LogP contribution in [0, 0.1) is 5.92 Å². The van der Waals surface area contributed by atoms with E-state index in [-0.39, 0.29) is 5.92 Å². The van der Waals surface area contributed by atoms with E-state index < -0.39 is 9.84 Å². The first kappa shape index (κ1) is 10.6. The fraction of sp³-hybridized carbons (Fsp3) is 0.667. The van der Waals surface area contributed by atoms with Crippen molar-refractivity contribution in [1.29, 1.82) is 0 Å². The van der Waals surface area contributed by atoms with Gasteiger partial charge in [-0.2, -0.15) is 0 Å². The molecule has 84 valence electrons. The minimum Gasteiger partial charge on any atom is -0.333 e. The predicted octanol–water partition coefficient (Wildman–Crippen LogP) is -0.224. The third-order valence-electron chi connectivity index (χ3n) is 2.79. The maximum Gasteiger partial charge on any atom is 0.150 e. The molecule has 5 nitrogen and oxygen atoms in total. The van der Waals surface area contributed by atoms with E-state index >= 15 is 0 Å². The summed E-state index contributed by atoms with van der Waals surface area (Å²) in [6, 6.07) is 0. The average Bonchev–Trinajstić information content (AvgIpc) is 2.73. The Balaban J connectivity index is 2.04. The van der Waals surface area contributed by atoms with Crippen LogP contribution in [-0.2, 0) is 22.9 Å². The van der Waals surface area contributed by atoms with Gasteiger partial charge in [0.25, 0.3) is 0 Å². The Morgan fingerprint density at radius 3 is 3.00 bits per heavy atom. The maximum absolute atomic E-state index is 11.3. The van der Waals surface area contributed by atoms with Crippen molar-refractivity contribution < 1.29 is 8.42 Å². The van der Waals surface area contributed by atoms with E-state index in [1.165, 1.54) is 0 Å². The van der Waals surface area contributed by atoms with E-state index in [0.29, 0.717) is 24.6 Å². The summed E-state index contributed by atoms with van der Waals surface area (Å²) in [4.78, 5) is 4.00. The zero-order chi connectivity index (χ0) is 10.9. The zero-order valence-corrected chi connectivity index (χ0v) is 9.28. The van der Waals surface area contributed by atoms with Crippen LogP contribution >= 0.6 is 0 Å². The van der Waals surface area contributed by atoms with Crippen LogP contribution in [0.25, 0.3) is 0 Å². The van der Waals surface area contributed by atoms with E-state index in [4.69, 9.17) is 5.73 Å². The van der Waals surface area contributed by atoms with Gasteiger partial charge in [-0.05, 0) is 12.3 Å². The summed E-state index contributed by atoms with van der Waals surface area (Å²) >= 11 is 0. The normalized spacial score (nSPS) is 24.5. The Kier molecular flexibility index (Phi) is 2.79. The lowest BCUT2D eigenvalue weighted by atomic mass is 10.1. The van der Waals surface area contributed by atoms with E-state index in [2.05, 4.69) is 4.98 Å². The molecule has 0 amide bonds. The van der Waals surface area contributed by atoms with Crippen LogP contribution in [0.15, 0.2) is 12.5 Å². The van der Waals surface area contributed by atoms with Crippen molar-refractivity contribution in [3.63, 3.8) is 0 Å². The molecule has 1 aliphatic rings. The van der Waals surface area contributed by atoms with E-state index in [1.54, 1.807) is 12.5 Å². The topological polar surface area (TPSA) is 78.0 Å². The molecule has 2 N–H and O–H groups in total. The van der Waals surface area contributed by atoms with Crippen molar-refractivity contribution in [2.75, 3.05) is 11.5 Å². The number of rotatable bonds is 3. The molecule has 2 rings (SSSR count). The van der Waals surface area contributed by atoms with Crippen molar-refractivity contribution in [3.05, 3.63) is 18.2 Å². The summed E-state index contributed by atoms with van der Waals surface area (Å²) in [7, 11) is -2.78. The number of sulfone groups is 1. The van der Waals surface area contributed by atoms with Crippen molar-refractivity contribution in [2.45, 2.75) is 19.5 Å². The Hall–Kier alpha value is -0.880. The Morgan fingerprint density at radius 2 is 2.40 bits per heavy atom. The number of aromatic nitrogens is 2. The van der Waals surface area contributed by atoms with Crippen LogP contribution in [0.2, 0.25) is 0 Å². The van der Waals surface area contributed by atoms with Gasteiger partial charge in [0.2, 0.25) is 0 Å². The molecule has 1 aliphatic heterocycles. The van der Waals surface area contributed by atoms with Crippen LogP contribution in [0.1, 0.15) is 12.1 Å². The molecule has 0 aromatic carbocycles. The fourth-order valence-corrected chi connectivity index (χ4v) is 3.83. The van der Waals surface area contributed by atoms with Crippen molar-refractivity contribution in [1.82, 2.24) is 9.55 Å². The lowest BCUT2D eigenvalue weighted by Gasteiger charge is -2.10. The van der Waals surface area contributed by atoms with E-state index in [9.17, 15) is 8.42 Å². The molecule has 0 bridgehead atoms. The van der Waals surface area contributed by atoms with Gasteiger partial charge in [0.15, 0.2) is 9.84 Å². The van der Waals surface area contributed by atoms with E-state index in [0.717, 1.165) is 12.1 Å². The summed E-state index contributed by atoms with van der Waals surface area (Å²) in [5.41, 5.74) is 6.50. The first-order valence-electron chi connectivity index (χ1n) is 5.00. The minimum atomic E-state index is -2.78. The molecule has 1 atom stereocenters. The predicted molar refractivity (Wildman–Crippen MR) is 56.9 cm³/mol. The molecule has 1 unspecified atom stereocenters. The van der Waals surface area contributed by atoms with Gasteiger partial charge in [-0.3, -0.25) is 0 Å². The number of nitrogens with zero attached hydrogens (tertiary/aromatic N) is 2.